The van der Waals surface area contributed by atoms with Crippen molar-refractivity contribution in [3.05, 3.63) is 101 Å². The van der Waals surface area contributed by atoms with Gasteiger partial charge in [0.1, 0.15) is 12.6 Å². The van der Waals surface area contributed by atoms with Gasteiger partial charge in [-0.15, -0.1) is 0 Å². The number of anilines is 1. The van der Waals surface area contributed by atoms with Crippen LogP contribution in [0, 0.1) is 24.7 Å². The van der Waals surface area contributed by atoms with E-state index < -0.39 is 28.5 Å². The Kier molecular flexibility index (Phi) is 9.52. The van der Waals surface area contributed by atoms with Crippen molar-refractivity contribution in [2.24, 2.45) is 17.8 Å². The molecule has 2 amide bonds. The zero-order valence-electron chi connectivity index (χ0n) is 28.2. The first kappa shape index (κ1) is 33.3. The van der Waals surface area contributed by atoms with Crippen LogP contribution in [0.5, 0.6) is 0 Å². The first-order valence-corrected chi connectivity index (χ1v) is 19.0. The number of nitrogens with one attached hydrogen (secondary N) is 1. The van der Waals surface area contributed by atoms with Gasteiger partial charge < -0.3 is 10.2 Å². The van der Waals surface area contributed by atoms with Crippen LogP contribution in [0.15, 0.2) is 78.9 Å². The zero-order chi connectivity index (χ0) is 33.3. The average molecular weight is 656 g/mol. The number of carbonyl (C=O) groups excluding carboxylic acids is 2. The van der Waals surface area contributed by atoms with Crippen molar-refractivity contribution in [3.63, 3.8) is 0 Å². The summed E-state index contributed by atoms with van der Waals surface area (Å²) >= 11 is 0. The molecule has 47 heavy (non-hydrogen) atoms. The first-order chi connectivity index (χ1) is 22.4. The van der Waals surface area contributed by atoms with Crippen LogP contribution in [0.2, 0.25) is 0 Å². The molecule has 4 fully saturated rings. The molecule has 0 saturated heterocycles. The van der Waals surface area contributed by atoms with Gasteiger partial charge in [0.25, 0.3) is 0 Å². The van der Waals surface area contributed by atoms with Gasteiger partial charge in [0.15, 0.2) is 0 Å². The molecule has 3 aromatic carbocycles. The third-order valence-electron chi connectivity index (χ3n) is 10.8. The second-order valence-corrected chi connectivity index (χ2v) is 16.7. The van der Waals surface area contributed by atoms with Gasteiger partial charge in [0, 0.05) is 19.0 Å². The summed E-state index contributed by atoms with van der Waals surface area (Å²) in [6.07, 6.45) is 9.20. The van der Waals surface area contributed by atoms with Crippen LogP contribution >= 0.6 is 0 Å². The monoisotopic (exact) mass is 655 g/mol. The van der Waals surface area contributed by atoms with Crippen LogP contribution in [0.25, 0.3) is 0 Å². The lowest BCUT2D eigenvalue weighted by Crippen LogP contribution is -2.54. The van der Waals surface area contributed by atoms with Gasteiger partial charge in [0.05, 0.1) is 11.9 Å². The van der Waals surface area contributed by atoms with E-state index in [1.54, 1.807) is 4.90 Å². The Labute approximate surface area is 280 Å². The largest absolute Gasteiger partial charge is 0.352 e. The Balaban J connectivity index is 1.31. The van der Waals surface area contributed by atoms with Crippen LogP contribution in [0.3, 0.4) is 0 Å². The van der Waals surface area contributed by atoms with Gasteiger partial charge in [-0.25, -0.2) is 8.42 Å². The molecule has 4 bridgehead atoms. The third kappa shape index (κ3) is 7.43. The van der Waals surface area contributed by atoms with E-state index in [0.717, 1.165) is 40.7 Å². The lowest BCUT2D eigenvalue weighted by atomic mass is 9.48. The summed E-state index contributed by atoms with van der Waals surface area (Å²) in [6, 6.07) is 24.4. The van der Waals surface area contributed by atoms with E-state index in [1.165, 1.54) is 48.4 Å². The van der Waals surface area contributed by atoms with E-state index in [2.05, 4.69) is 17.4 Å². The van der Waals surface area contributed by atoms with Gasteiger partial charge in [-0.1, -0.05) is 66.7 Å². The normalized spacial score (nSPS) is 23.8. The Hall–Kier alpha value is -3.65. The molecular weight excluding hydrogens is 607 g/mol. The molecule has 4 saturated carbocycles. The quantitative estimate of drug-likeness (QED) is 0.245. The fraction of sp³-hybridized carbons (Fsp3) is 0.487. The molecule has 250 valence electrons. The number of carbonyl (C=O) groups is 2. The highest BCUT2D eigenvalue weighted by atomic mass is 32.2. The smallest absolute Gasteiger partial charge is 0.244 e. The van der Waals surface area contributed by atoms with Crippen LogP contribution in [0.1, 0.15) is 74.6 Å². The minimum atomic E-state index is -3.82. The molecule has 7 rings (SSSR count). The maximum absolute atomic E-state index is 14.4. The summed E-state index contributed by atoms with van der Waals surface area (Å²) in [6.45, 7) is 5.54. The molecule has 0 aromatic heterocycles. The molecule has 1 atom stereocenters. The molecule has 0 heterocycles. The Morgan fingerprint density at radius 1 is 0.851 bits per heavy atom. The summed E-state index contributed by atoms with van der Waals surface area (Å²) in [4.78, 5) is 29.8. The molecule has 4 aliphatic carbocycles. The van der Waals surface area contributed by atoms with Crippen molar-refractivity contribution in [2.75, 3.05) is 17.1 Å². The van der Waals surface area contributed by atoms with Crippen molar-refractivity contribution >= 4 is 27.5 Å². The molecule has 4 aliphatic rings. The van der Waals surface area contributed by atoms with Gasteiger partial charge >= 0.3 is 0 Å². The lowest BCUT2D eigenvalue weighted by molar-refractivity contribution is -0.140. The van der Waals surface area contributed by atoms with E-state index in [9.17, 15) is 18.0 Å². The Bertz CT molecular complexity index is 1650. The summed E-state index contributed by atoms with van der Waals surface area (Å²) in [7, 11) is -3.82. The van der Waals surface area contributed by atoms with Crippen molar-refractivity contribution in [3.8, 4) is 0 Å². The third-order valence-corrected chi connectivity index (χ3v) is 11.9. The predicted octanol–water partition coefficient (Wildman–Crippen LogP) is 6.39. The minimum Gasteiger partial charge on any atom is -0.352 e. The fourth-order valence-electron chi connectivity index (χ4n) is 8.96. The molecule has 0 spiro atoms. The van der Waals surface area contributed by atoms with Crippen LogP contribution in [-0.2, 0) is 38.0 Å². The van der Waals surface area contributed by atoms with Gasteiger partial charge in [-0.3, -0.25) is 13.9 Å². The lowest BCUT2D eigenvalue weighted by Gasteiger charge is -2.57. The van der Waals surface area contributed by atoms with E-state index >= 15 is 0 Å². The van der Waals surface area contributed by atoms with Crippen molar-refractivity contribution < 1.29 is 18.0 Å². The van der Waals surface area contributed by atoms with Crippen LogP contribution < -0.4 is 9.62 Å². The number of nitrogens with zero attached hydrogens (tertiary/aromatic N) is 2. The molecule has 1 N–H and O–H groups in total. The SMILES string of the molecule is Cc1ccccc1CN(C(=O)CN(c1ccc(C23CC4CC(CC(C4)C2)C3)cc1)S(C)(=O)=O)[C@H](Cc1ccccc1)C(=O)NC(C)C. The molecular formula is C39H49N3O4S. The summed E-state index contributed by atoms with van der Waals surface area (Å²) in [5.74, 6) is 1.73. The number of aryl methyl sites for hydroxylation is 1. The standard InChI is InChI=1S/C39H49N3O4S/c1-27(2)40-38(44)36(21-29-11-6-5-7-12-29)41(25-33-13-9-8-10-28(33)3)37(43)26-42(47(4,45)46)35-16-14-34(15-17-35)39-22-30-18-31(23-39)20-32(19-30)24-39/h5-17,27,30-32,36H,18-26H2,1-4H3,(H,40,44)/t30?,31?,32?,36-,39?/m1/s1. The number of benzene rings is 3. The second kappa shape index (κ2) is 13.5. The van der Waals surface area contributed by atoms with E-state index in [0.29, 0.717) is 12.1 Å². The molecule has 8 heteroatoms. The number of rotatable bonds is 12. The van der Waals surface area contributed by atoms with E-state index in [4.69, 9.17) is 0 Å². The zero-order valence-corrected chi connectivity index (χ0v) is 29.0. The summed E-state index contributed by atoms with van der Waals surface area (Å²) in [5.41, 5.74) is 4.78. The van der Waals surface area contributed by atoms with E-state index in [-0.39, 0.29) is 23.9 Å². The van der Waals surface area contributed by atoms with Crippen LogP contribution in [0.4, 0.5) is 5.69 Å². The highest BCUT2D eigenvalue weighted by molar-refractivity contribution is 7.92. The number of sulfonamides is 1. The topological polar surface area (TPSA) is 86.8 Å². The number of hydrogen-bond acceptors (Lipinski definition) is 4. The maximum Gasteiger partial charge on any atom is 0.244 e. The van der Waals surface area contributed by atoms with Crippen LogP contribution in [-0.4, -0.2) is 50.0 Å². The molecule has 3 aromatic rings. The predicted molar refractivity (Wildman–Crippen MR) is 187 cm³/mol. The molecule has 0 aliphatic heterocycles. The van der Waals surface area contributed by atoms with Gasteiger partial charge in [0.2, 0.25) is 21.8 Å². The van der Waals surface area contributed by atoms with Crippen molar-refractivity contribution in [1.29, 1.82) is 0 Å². The fourth-order valence-corrected chi connectivity index (χ4v) is 9.81. The molecule has 0 radical (unpaired) electrons. The summed E-state index contributed by atoms with van der Waals surface area (Å²) in [5, 5.41) is 3.01. The molecule has 7 nitrogen and oxygen atoms in total. The Morgan fingerprint density at radius 3 is 1.98 bits per heavy atom. The van der Waals surface area contributed by atoms with Crippen molar-refractivity contribution in [1.82, 2.24) is 10.2 Å². The Morgan fingerprint density at radius 2 is 1.43 bits per heavy atom. The summed E-state index contributed by atoms with van der Waals surface area (Å²) < 4.78 is 27.8. The maximum atomic E-state index is 14.4. The van der Waals surface area contributed by atoms with Crippen molar-refractivity contribution in [2.45, 2.75) is 89.8 Å². The van der Waals surface area contributed by atoms with Gasteiger partial charge in [-0.05, 0) is 117 Å². The minimum absolute atomic E-state index is 0.129. The highest BCUT2D eigenvalue weighted by Crippen LogP contribution is 2.60. The second-order valence-electron chi connectivity index (χ2n) is 14.8. The average Bonchev–Trinajstić information content (AvgIpc) is 3.01. The highest BCUT2D eigenvalue weighted by Gasteiger charge is 2.51. The molecule has 0 unspecified atom stereocenters. The van der Waals surface area contributed by atoms with Gasteiger partial charge in [-0.2, -0.15) is 0 Å². The first-order valence-electron chi connectivity index (χ1n) is 17.2. The number of amides is 2. The number of hydrogen-bond donors (Lipinski definition) is 1. The van der Waals surface area contributed by atoms with E-state index in [1.807, 2.05) is 87.5 Å².